The Bertz CT molecular complexity index is 274. The molecule has 0 aliphatic carbocycles. The fourth-order valence-corrected chi connectivity index (χ4v) is 3.82. The highest BCUT2D eigenvalue weighted by atomic mass is 35.5. The van der Waals surface area contributed by atoms with Crippen LogP contribution in [0, 0.1) is 0 Å². The van der Waals surface area contributed by atoms with Gasteiger partial charge < -0.3 is 5.32 Å². The van der Waals surface area contributed by atoms with Crippen molar-refractivity contribution < 1.29 is 8.42 Å². The van der Waals surface area contributed by atoms with Crippen molar-refractivity contribution in [3.63, 3.8) is 0 Å². The second-order valence-corrected chi connectivity index (χ2v) is 6.04. The third kappa shape index (κ3) is 3.07. The van der Waals surface area contributed by atoms with Gasteiger partial charge in [-0.05, 0) is 12.8 Å². The summed E-state index contributed by atoms with van der Waals surface area (Å²) in [5.74, 6) is 0. The van der Waals surface area contributed by atoms with E-state index in [9.17, 15) is 8.42 Å². The summed E-state index contributed by atoms with van der Waals surface area (Å²) in [6.07, 6.45) is 3.17. The molecule has 0 bridgehead atoms. The Hall–Kier alpha value is 0.120. The molecule has 2 fully saturated rings. The van der Waals surface area contributed by atoms with Gasteiger partial charge in [0.2, 0.25) is 0 Å². The summed E-state index contributed by atoms with van der Waals surface area (Å²) in [4.78, 5) is 0. The number of halogens is 1. The predicted octanol–water partition coefficient (Wildman–Crippen LogP) is 0.0441. The minimum atomic E-state index is -3.16. The molecule has 16 heavy (non-hydrogen) atoms. The second-order valence-electron chi connectivity index (χ2n) is 4.12. The van der Waals surface area contributed by atoms with E-state index in [0.29, 0.717) is 26.2 Å². The van der Waals surface area contributed by atoms with Gasteiger partial charge in [0.15, 0.2) is 0 Å². The van der Waals surface area contributed by atoms with Gasteiger partial charge in [0, 0.05) is 39.3 Å². The molecule has 0 spiro atoms. The number of nitrogens with one attached hydrogen (secondary N) is 1. The molecule has 0 amide bonds. The Balaban J connectivity index is 0.00000128. The normalized spacial score (nSPS) is 25.0. The molecule has 96 valence electrons. The number of hydrogen-bond donors (Lipinski definition) is 1. The lowest BCUT2D eigenvalue weighted by atomic mass is 10.2. The molecular weight excluding hydrogens is 250 g/mol. The van der Waals surface area contributed by atoms with E-state index in [-0.39, 0.29) is 12.4 Å². The van der Waals surface area contributed by atoms with Crippen LogP contribution in [0.3, 0.4) is 0 Å². The number of piperidine rings is 1. The van der Waals surface area contributed by atoms with Crippen molar-refractivity contribution >= 4 is 22.6 Å². The SMILES string of the molecule is Cl.O=S(=O)(N1CCCCC1)N1CCNCC1. The highest BCUT2D eigenvalue weighted by Crippen LogP contribution is 2.16. The lowest BCUT2D eigenvalue weighted by Gasteiger charge is -2.34. The van der Waals surface area contributed by atoms with Crippen molar-refractivity contribution in [3.05, 3.63) is 0 Å². The molecule has 0 saturated carbocycles. The van der Waals surface area contributed by atoms with Crippen LogP contribution in [0.5, 0.6) is 0 Å². The van der Waals surface area contributed by atoms with Gasteiger partial charge in [-0.15, -0.1) is 12.4 Å². The maximum Gasteiger partial charge on any atom is 0.282 e. The summed E-state index contributed by atoms with van der Waals surface area (Å²) in [5, 5.41) is 3.17. The summed E-state index contributed by atoms with van der Waals surface area (Å²) in [6, 6.07) is 0. The number of piperazine rings is 1. The summed E-state index contributed by atoms with van der Waals surface area (Å²) in [5.41, 5.74) is 0. The molecule has 1 N–H and O–H groups in total. The number of nitrogens with zero attached hydrogens (tertiary/aromatic N) is 2. The van der Waals surface area contributed by atoms with E-state index < -0.39 is 10.2 Å². The minimum Gasteiger partial charge on any atom is -0.314 e. The average Bonchev–Trinajstić information content (AvgIpc) is 2.31. The first-order valence-electron chi connectivity index (χ1n) is 5.67. The van der Waals surface area contributed by atoms with Crippen molar-refractivity contribution in [2.24, 2.45) is 0 Å². The first kappa shape index (κ1) is 14.2. The third-order valence-electron chi connectivity index (χ3n) is 3.04. The average molecular weight is 270 g/mol. The van der Waals surface area contributed by atoms with E-state index in [1.165, 1.54) is 0 Å². The molecule has 7 heteroatoms. The van der Waals surface area contributed by atoms with Crippen molar-refractivity contribution in [2.45, 2.75) is 19.3 Å². The van der Waals surface area contributed by atoms with Crippen molar-refractivity contribution in [2.75, 3.05) is 39.3 Å². The lowest BCUT2D eigenvalue weighted by Crippen LogP contribution is -2.52. The molecule has 0 atom stereocenters. The quantitative estimate of drug-likeness (QED) is 0.770. The first-order valence-corrected chi connectivity index (χ1v) is 7.07. The molecule has 2 aliphatic heterocycles. The Morgan fingerprint density at radius 2 is 1.31 bits per heavy atom. The zero-order chi connectivity index (χ0) is 10.7. The smallest absolute Gasteiger partial charge is 0.282 e. The summed E-state index contributed by atoms with van der Waals surface area (Å²) in [7, 11) is -3.16. The molecular formula is C9H20ClN3O2S. The highest BCUT2D eigenvalue weighted by Gasteiger charge is 2.30. The van der Waals surface area contributed by atoms with E-state index in [2.05, 4.69) is 5.32 Å². The van der Waals surface area contributed by atoms with E-state index >= 15 is 0 Å². The maximum atomic E-state index is 12.2. The van der Waals surface area contributed by atoms with Crippen LogP contribution in [0.1, 0.15) is 19.3 Å². The molecule has 5 nitrogen and oxygen atoms in total. The van der Waals surface area contributed by atoms with Crippen LogP contribution >= 0.6 is 12.4 Å². The van der Waals surface area contributed by atoms with Crippen LogP contribution < -0.4 is 5.32 Å². The number of hydrogen-bond acceptors (Lipinski definition) is 3. The van der Waals surface area contributed by atoms with Crippen LogP contribution in [0.15, 0.2) is 0 Å². The van der Waals surface area contributed by atoms with Gasteiger partial charge in [0.1, 0.15) is 0 Å². The zero-order valence-electron chi connectivity index (χ0n) is 9.39. The van der Waals surface area contributed by atoms with Crippen LogP contribution in [0.25, 0.3) is 0 Å². The molecule has 0 aromatic carbocycles. The molecule has 2 aliphatic rings. The molecule has 0 aromatic heterocycles. The van der Waals surface area contributed by atoms with Crippen LogP contribution in [0.4, 0.5) is 0 Å². The maximum absolute atomic E-state index is 12.2. The summed E-state index contributed by atoms with van der Waals surface area (Å²) < 4.78 is 27.6. The summed E-state index contributed by atoms with van der Waals surface area (Å²) >= 11 is 0. The summed E-state index contributed by atoms with van der Waals surface area (Å²) in [6.45, 7) is 4.16. The Labute approximate surface area is 104 Å². The Kier molecular flexibility index (Phi) is 5.46. The molecule has 0 radical (unpaired) electrons. The Morgan fingerprint density at radius 3 is 1.88 bits per heavy atom. The third-order valence-corrected chi connectivity index (χ3v) is 5.08. The van der Waals surface area contributed by atoms with Crippen molar-refractivity contribution in [1.29, 1.82) is 0 Å². The molecule has 2 saturated heterocycles. The van der Waals surface area contributed by atoms with Gasteiger partial charge in [0.25, 0.3) is 10.2 Å². The fourth-order valence-electron chi connectivity index (χ4n) is 2.13. The van der Waals surface area contributed by atoms with Crippen LogP contribution in [0.2, 0.25) is 0 Å². The van der Waals surface area contributed by atoms with Gasteiger partial charge in [0.05, 0.1) is 0 Å². The van der Waals surface area contributed by atoms with Gasteiger partial charge in [-0.3, -0.25) is 0 Å². The lowest BCUT2D eigenvalue weighted by molar-refractivity contribution is 0.287. The monoisotopic (exact) mass is 269 g/mol. The van der Waals surface area contributed by atoms with Crippen molar-refractivity contribution in [3.8, 4) is 0 Å². The standard InChI is InChI=1S/C9H19N3O2S.ClH/c13-15(14,11-6-2-1-3-7-11)12-8-4-10-5-9-12;/h10H,1-9H2;1H. The van der Waals surface area contributed by atoms with E-state index in [1.807, 2.05) is 0 Å². The second kappa shape index (κ2) is 6.16. The molecule has 2 heterocycles. The van der Waals surface area contributed by atoms with Crippen LogP contribution in [-0.4, -0.2) is 56.3 Å². The van der Waals surface area contributed by atoms with E-state index in [0.717, 1.165) is 32.4 Å². The van der Waals surface area contributed by atoms with Crippen molar-refractivity contribution in [1.82, 2.24) is 13.9 Å². The van der Waals surface area contributed by atoms with Gasteiger partial charge >= 0.3 is 0 Å². The Morgan fingerprint density at radius 1 is 0.812 bits per heavy atom. The zero-order valence-corrected chi connectivity index (χ0v) is 11.0. The molecule has 2 rings (SSSR count). The highest BCUT2D eigenvalue weighted by molar-refractivity contribution is 7.86. The fraction of sp³-hybridized carbons (Fsp3) is 1.00. The largest absolute Gasteiger partial charge is 0.314 e. The van der Waals surface area contributed by atoms with E-state index in [4.69, 9.17) is 0 Å². The number of rotatable bonds is 2. The first-order chi connectivity index (χ1) is 7.21. The van der Waals surface area contributed by atoms with Gasteiger partial charge in [-0.25, -0.2) is 0 Å². The van der Waals surface area contributed by atoms with Gasteiger partial charge in [-0.1, -0.05) is 6.42 Å². The minimum absolute atomic E-state index is 0. The molecule has 0 aromatic rings. The molecule has 0 unspecified atom stereocenters. The van der Waals surface area contributed by atoms with Crippen LogP contribution in [-0.2, 0) is 10.2 Å². The van der Waals surface area contributed by atoms with E-state index in [1.54, 1.807) is 8.61 Å². The predicted molar refractivity (Wildman–Crippen MR) is 66.0 cm³/mol. The van der Waals surface area contributed by atoms with Gasteiger partial charge in [-0.2, -0.15) is 17.0 Å². The topological polar surface area (TPSA) is 52.7 Å².